The summed E-state index contributed by atoms with van der Waals surface area (Å²) in [5.74, 6) is -0.755. The van der Waals surface area contributed by atoms with Crippen LogP contribution in [-0.2, 0) is 10.0 Å². The van der Waals surface area contributed by atoms with Crippen molar-refractivity contribution in [1.29, 1.82) is 0 Å². The van der Waals surface area contributed by atoms with Crippen molar-refractivity contribution in [2.24, 2.45) is 0 Å². The smallest absolute Gasteiger partial charge is 0.276 e. The number of carbonyl (C=O) groups excluding carboxylic acids is 1. The molecule has 9 nitrogen and oxygen atoms in total. The lowest BCUT2D eigenvalue weighted by molar-refractivity contribution is -0.428. The molecule has 0 radical (unpaired) electrons. The van der Waals surface area contributed by atoms with Gasteiger partial charge in [-0.25, -0.2) is 13.9 Å². The minimum absolute atomic E-state index is 0.0540. The van der Waals surface area contributed by atoms with Crippen LogP contribution < -0.4 is 10.4 Å². The summed E-state index contributed by atoms with van der Waals surface area (Å²) in [6.45, 7) is 1.03. The second-order valence-corrected chi connectivity index (χ2v) is 8.77. The molecule has 2 aromatic rings. The summed E-state index contributed by atoms with van der Waals surface area (Å²) in [6, 6.07) is 10.8. The van der Waals surface area contributed by atoms with Crippen molar-refractivity contribution in [3.8, 4) is 0 Å². The first-order chi connectivity index (χ1) is 13.8. The molecule has 0 bridgehead atoms. The first kappa shape index (κ1) is 21.2. The molecule has 154 valence electrons. The van der Waals surface area contributed by atoms with E-state index in [0.717, 1.165) is 0 Å². The Kier molecular flexibility index (Phi) is 6.18. The summed E-state index contributed by atoms with van der Waals surface area (Å²) < 4.78 is 27.7. The molecule has 2 N–H and O–H groups in total. The second kappa shape index (κ2) is 8.46. The first-order valence-corrected chi connectivity index (χ1v) is 10.6. The van der Waals surface area contributed by atoms with Gasteiger partial charge in [-0.15, -0.1) is 0 Å². The summed E-state index contributed by atoms with van der Waals surface area (Å²) in [5.41, 5.74) is 2.45. The fourth-order valence-electron chi connectivity index (χ4n) is 3.20. The molecule has 0 aliphatic carbocycles. The van der Waals surface area contributed by atoms with Gasteiger partial charge in [0.05, 0.1) is 16.3 Å². The zero-order chi connectivity index (χ0) is 21.2. The molecule has 1 amide bonds. The Hall–Kier alpha value is -2.53. The summed E-state index contributed by atoms with van der Waals surface area (Å²) in [7, 11) is -2.44. The molecule has 0 unspecified atom stereocenters. The largest absolute Gasteiger partial charge is 0.368 e. The number of hydroxylamine groups is 1. The molecule has 29 heavy (non-hydrogen) atoms. The summed E-state index contributed by atoms with van der Waals surface area (Å²) in [5, 5.41) is 9.19. The molecule has 1 heterocycles. The number of nitrogens with one attached hydrogen (secondary N) is 1. The van der Waals surface area contributed by atoms with Crippen LogP contribution in [0.1, 0.15) is 10.4 Å². The minimum Gasteiger partial charge on any atom is -0.368 e. The second-order valence-electron chi connectivity index (χ2n) is 6.46. The van der Waals surface area contributed by atoms with Crippen molar-refractivity contribution in [3.63, 3.8) is 0 Å². The van der Waals surface area contributed by atoms with Crippen LogP contribution in [0.3, 0.4) is 0 Å². The van der Waals surface area contributed by atoms with E-state index in [1.807, 2.05) is 4.90 Å². The van der Waals surface area contributed by atoms with Crippen molar-refractivity contribution in [1.82, 2.24) is 9.79 Å². The standard InChI is InChI=1S/C18H19ClN4O5S/c1-21(26)13-6-7-16(14(12-13)18(24)20-25)22-8-10-23(11-9-22)29(27,28)17-5-3-2-4-15(17)19/h2-7,12H,8-11H2,1H3,(H-,20,24,25)/p+1. The zero-order valence-corrected chi connectivity index (χ0v) is 17.2. The van der Waals surface area contributed by atoms with E-state index in [9.17, 15) is 18.1 Å². The summed E-state index contributed by atoms with van der Waals surface area (Å²) in [4.78, 5) is 25.5. The number of halogens is 1. The number of piperazine rings is 1. The molecule has 1 saturated heterocycles. The quantitative estimate of drug-likeness (QED) is 0.419. The highest BCUT2D eigenvalue weighted by Crippen LogP contribution is 2.29. The van der Waals surface area contributed by atoms with Crippen molar-refractivity contribution in [3.05, 3.63) is 58.0 Å². The lowest BCUT2D eigenvalue weighted by Gasteiger charge is -2.36. The molecule has 3 rings (SSSR count). The predicted molar refractivity (Wildman–Crippen MR) is 107 cm³/mol. The van der Waals surface area contributed by atoms with Gasteiger partial charge in [0.1, 0.15) is 4.90 Å². The number of benzene rings is 2. The van der Waals surface area contributed by atoms with Gasteiger partial charge in [0.15, 0.2) is 7.05 Å². The fraction of sp³-hybridized carbons (Fsp3) is 0.278. The van der Waals surface area contributed by atoms with E-state index in [1.54, 1.807) is 29.7 Å². The SMILES string of the molecule is C[N+](=O)c1ccc(N2CCN(S(=O)(=O)c3ccccc3Cl)CC2)c(C(=O)NO)c1. The van der Waals surface area contributed by atoms with Gasteiger partial charge in [-0.1, -0.05) is 23.7 Å². The molecule has 0 aromatic heterocycles. The number of rotatable bonds is 5. The Labute approximate surface area is 173 Å². The van der Waals surface area contributed by atoms with Crippen LogP contribution in [-0.4, -0.2) is 61.8 Å². The van der Waals surface area contributed by atoms with E-state index in [2.05, 4.69) is 0 Å². The van der Waals surface area contributed by atoms with Crippen LogP contribution in [0, 0.1) is 4.91 Å². The van der Waals surface area contributed by atoms with Crippen molar-refractivity contribution in [2.45, 2.75) is 4.90 Å². The molecule has 0 spiro atoms. The average Bonchev–Trinajstić information content (AvgIpc) is 2.73. The third-order valence-corrected chi connectivity index (χ3v) is 7.12. The highest BCUT2D eigenvalue weighted by atomic mass is 35.5. The van der Waals surface area contributed by atoms with Crippen molar-refractivity contribution in [2.75, 3.05) is 38.1 Å². The Morgan fingerprint density at radius 2 is 1.79 bits per heavy atom. The summed E-state index contributed by atoms with van der Waals surface area (Å²) in [6.07, 6.45) is 0. The van der Waals surface area contributed by atoms with E-state index in [1.165, 1.54) is 29.6 Å². The highest BCUT2D eigenvalue weighted by molar-refractivity contribution is 7.89. The van der Waals surface area contributed by atoms with Gasteiger partial charge in [-0.05, 0) is 18.2 Å². The monoisotopic (exact) mass is 439 g/mol. The van der Waals surface area contributed by atoms with Crippen LogP contribution in [0.4, 0.5) is 11.4 Å². The highest BCUT2D eigenvalue weighted by Gasteiger charge is 2.31. The van der Waals surface area contributed by atoms with Crippen LogP contribution in [0.2, 0.25) is 5.02 Å². The fourth-order valence-corrected chi connectivity index (χ4v) is 5.12. The number of nitrogens with zero attached hydrogens (tertiary/aromatic N) is 3. The Bertz CT molecular complexity index is 1050. The van der Waals surface area contributed by atoms with Crippen molar-refractivity contribution < 1.29 is 23.2 Å². The lowest BCUT2D eigenvalue weighted by atomic mass is 10.1. The Balaban J connectivity index is 1.83. The number of anilines is 1. The van der Waals surface area contributed by atoms with E-state index >= 15 is 0 Å². The van der Waals surface area contributed by atoms with E-state index in [-0.39, 0.29) is 34.3 Å². The molecule has 1 fully saturated rings. The van der Waals surface area contributed by atoms with Gasteiger partial charge in [-0.2, -0.15) is 4.31 Å². The normalized spacial score (nSPS) is 15.2. The Morgan fingerprint density at radius 1 is 1.14 bits per heavy atom. The van der Waals surface area contributed by atoms with E-state index in [0.29, 0.717) is 23.5 Å². The average molecular weight is 440 g/mol. The Morgan fingerprint density at radius 3 is 2.38 bits per heavy atom. The molecule has 2 aromatic carbocycles. The van der Waals surface area contributed by atoms with Gasteiger partial charge in [-0.3, -0.25) is 10.0 Å². The van der Waals surface area contributed by atoms with Crippen LogP contribution >= 0.6 is 11.6 Å². The van der Waals surface area contributed by atoms with E-state index in [4.69, 9.17) is 16.8 Å². The topological polar surface area (TPSA) is 110 Å². The molecule has 0 saturated carbocycles. The number of nitroso groups, excluding NO2 is 1. The first-order valence-electron chi connectivity index (χ1n) is 8.74. The van der Waals surface area contributed by atoms with Gasteiger partial charge in [0, 0.05) is 48.0 Å². The number of amides is 1. The van der Waals surface area contributed by atoms with Gasteiger partial charge in [0.25, 0.3) is 11.6 Å². The number of carbonyl (C=O) groups is 1. The van der Waals surface area contributed by atoms with E-state index < -0.39 is 15.9 Å². The molecular weight excluding hydrogens is 420 g/mol. The van der Waals surface area contributed by atoms with Crippen molar-refractivity contribution >= 4 is 38.9 Å². The number of hydrogen-bond acceptors (Lipinski definition) is 6. The molecule has 0 atom stereocenters. The number of sulfonamides is 1. The van der Waals surface area contributed by atoms with Crippen LogP contribution in [0.15, 0.2) is 47.4 Å². The van der Waals surface area contributed by atoms with Gasteiger partial charge in [0.2, 0.25) is 10.0 Å². The maximum atomic E-state index is 12.9. The number of hydrogen-bond donors (Lipinski definition) is 2. The van der Waals surface area contributed by atoms with Crippen LogP contribution in [0.25, 0.3) is 0 Å². The maximum Gasteiger partial charge on any atom is 0.276 e. The third kappa shape index (κ3) is 4.25. The zero-order valence-electron chi connectivity index (χ0n) is 15.6. The molecule has 11 heteroatoms. The third-order valence-electron chi connectivity index (χ3n) is 4.72. The van der Waals surface area contributed by atoms with Gasteiger partial charge >= 0.3 is 0 Å². The predicted octanol–water partition coefficient (Wildman–Crippen LogP) is 2.01. The molecule has 1 aliphatic heterocycles. The maximum absolute atomic E-state index is 12.9. The molecule has 1 aliphatic rings. The van der Waals surface area contributed by atoms with Crippen LogP contribution in [0.5, 0.6) is 0 Å². The van der Waals surface area contributed by atoms with Gasteiger partial charge < -0.3 is 4.90 Å². The lowest BCUT2D eigenvalue weighted by Crippen LogP contribution is -2.49. The molecular formula is C18H20ClN4O5S+. The minimum atomic E-state index is -3.74. The summed E-state index contributed by atoms with van der Waals surface area (Å²) >= 11 is 6.05.